The molecule has 2 N–H and O–H groups in total. The highest BCUT2D eigenvalue weighted by Gasteiger charge is 2.07. The molecule has 5 heteroatoms. The Morgan fingerprint density at radius 1 is 1.09 bits per heavy atom. The van der Waals surface area contributed by atoms with Gasteiger partial charge in [0.15, 0.2) is 0 Å². The molecular weight excluding hydrogens is 374 g/mol. The number of rotatable bonds is 8. The maximum Gasteiger partial charge on any atom is 0.129 e. The quantitative estimate of drug-likeness (QED) is 0.529. The third-order valence-corrected chi connectivity index (χ3v) is 3.99. The van der Waals surface area contributed by atoms with E-state index in [9.17, 15) is 0 Å². The predicted octanol–water partition coefficient (Wildman–Crippen LogP) is 4.49. The molecule has 23 heavy (non-hydrogen) atoms. The highest BCUT2D eigenvalue weighted by molar-refractivity contribution is 9.10. The second kappa shape index (κ2) is 8.89. The molecule has 2 rings (SSSR count). The van der Waals surface area contributed by atoms with Gasteiger partial charge < -0.3 is 15.2 Å². The van der Waals surface area contributed by atoms with Crippen molar-refractivity contribution in [1.29, 1.82) is 0 Å². The van der Waals surface area contributed by atoms with Gasteiger partial charge in [0.05, 0.1) is 5.56 Å². The molecule has 0 amide bonds. The first-order valence-electron chi connectivity index (χ1n) is 7.54. The van der Waals surface area contributed by atoms with Crippen molar-refractivity contribution in [2.24, 2.45) is 5.73 Å². The normalized spacial score (nSPS) is 10.3. The van der Waals surface area contributed by atoms with Crippen LogP contribution in [-0.4, -0.2) is 18.2 Å². The first-order chi connectivity index (χ1) is 11.1. The van der Waals surface area contributed by atoms with E-state index in [1.165, 1.54) is 5.56 Å². The molecule has 0 aromatic heterocycles. The van der Waals surface area contributed by atoms with Crippen molar-refractivity contribution < 1.29 is 9.47 Å². The fraction of sp³-hybridized carbons (Fsp3) is 0.278. The van der Waals surface area contributed by atoms with Gasteiger partial charge in [0.25, 0.3) is 0 Å². The molecule has 0 spiro atoms. The minimum atomic E-state index is 0.314. The van der Waals surface area contributed by atoms with Gasteiger partial charge in [0.1, 0.15) is 29.7 Å². The molecule has 0 heterocycles. The largest absolute Gasteiger partial charge is 0.490 e. The molecule has 3 nitrogen and oxygen atoms in total. The number of aryl methyl sites for hydroxylation is 1. The van der Waals surface area contributed by atoms with Gasteiger partial charge in [0, 0.05) is 4.47 Å². The summed E-state index contributed by atoms with van der Waals surface area (Å²) in [6.45, 7) is 3.05. The number of thiocarbonyl (C=S) groups is 1. The summed E-state index contributed by atoms with van der Waals surface area (Å²) in [7, 11) is 0. The molecule has 0 bridgehead atoms. The second-order valence-electron chi connectivity index (χ2n) is 5.10. The van der Waals surface area contributed by atoms with Gasteiger partial charge in [-0.15, -0.1) is 0 Å². The summed E-state index contributed by atoms with van der Waals surface area (Å²) in [4.78, 5) is 0.314. The van der Waals surface area contributed by atoms with E-state index in [2.05, 4.69) is 35.0 Å². The van der Waals surface area contributed by atoms with Gasteiger partial charge in [-0.05, 0) is 42.3 Å². The monoisotopic (exact) mass is 393 g/mol. The second-order valence-corrected chi connectivity index (χ2v) is 6.45. The van der Waals surface area contributed by atoms with Crippen LogP contribution in [0.2, 0.25) is 0 Å². The molecule has 0 atom stereocenters. The Hall–Kier alpha value is -1.59. The number of ether oxygens (including phenoxy) is 2. The van der Waals surface area contributed by atoms with Crippen LogP contribution < -0.4 is 15.2 Å². The van der Waals surface area contributed by atoms with Gasteiger partial charge in [-0.3, -0.25) is 0 Å². The number of halogens is 1. The summed E-state index contributed by atoms with van der Waals surface area (Å²) >= 11 is 8.44. The summed E-state index contributed by atoms with van der Waals surface area (Å²) in [5, 5.41) is 0. The van der Waals surface area contributed by atoms with E-state index >= 15 is 0 Å². The maximum absolute atomic E-state index is 5.72. The van der Waals surface area contributed by atoms with E-state index in [-0.39, 0.29) is 0 Å². The standard InChI is InChI=1S/C18H20BrNO2S/c1-2-3-13-4-7-15(8-5-13)21-10-11-22-17-9-6-14(19)12-16(17)18(20)23/h4-9,12H,2-3,10-11H2,1H3,(H2,20,23). The summed E-state index contributed by atoms with van der Waals surface area (Å²) < 4.78 is 12.3. The summed E-state index contributed by atoms with van der Waals surface area (Å²) in [6, 6.07) is 13.8. The highest BCUT2D eigenvalue weighted by Crippen LogP contribution is 2.23. The van der Waals surface area contributed by atoms with E-state index < -0.39 is 0 Å². The summed E-state index contributed by atoms with van der Waals surface area (Å²) in [5.74, 6) is 1.52. The van der Waals surface area contributed by atoms with Crippen LogP contribution in [0.3, 0.4) is 0 Å². The van der Waals surface area contributed by atoms with Crippen LogP contribution in [0.1, 0.15) is 24.5 Å². The number of benzene rings is 2. The van der Waals surface area contributed by atoms with Gasteiger partial charge in [-0.2, -0.15) is 0 Å². The van der Waals surface area contributed by atoms with E-state index in [1.807, 2.05) is 30.3 Å². The third kappa shape index (κ3) is 5.52. The lowest BCUT2D eigenvalue weighted by Crippen LogP contribution is -2.14. The zero-order valence-electron chi connectivity index (χ0n) is 13.0. The van der Waals surface area contributed by atoms with Gasteiger partial charge in [0.2, 0.25) is 0 Å². The minimum absolute atomic E-state index is 0.314. The first kappa shape index (κ1) is 17.8. The van der Waals surface area contributed by atoms with E-state index in [0.29, 0.717) is 24.0 Å². The van der Waals surface area contributed by atoms with Gasteiger partial charge >= 0.3 is 0 Å². The Balaban J connectivity index is 1.84. The Labute approximate surface area is 150 Å². The molecule has 2 aromatic carbocycles. The average Bonchev–Trinajstić information content (AvgIpc) is 2.54. The van der Waals surface area contributed by atoms with E-state index in [4.69, 9.17) is 27.4 Å². The van der Waals surface area contributed by atoms with Crippen LogP contribution in [0.5, 0.6) is 11.5 Å². The molecule has 0 saturated carbocycles. The zero-order valence-corrected chi connectivity index (χ0v) is 15.5. The van der Waals surface area contributed by atoms with Crippen molar-refractivity contribution in [3.63, 3.8) is 0 Å². The highest BCUT2D eigenvalue weighted by atomic mass is 79.9. The van der Waals surface area contributed by atoms with Crippen molar-refractivity contribution >= 4 is 33.1 Å². The molecule has 0 fully saturated rings. The fourth-order valence-electron chi connectivity index (χ4n) is 2.17. The van der Waals surface area contributed by atoms with Crippen molar-refractivity contribution in [2.45, 2.75) is 19.8 Å². The van der Waals surface area contributed by atoms with Crippen molar-refractivity contribution in [3.05, 3.63) is 58.1 Å². The molecule has 0 aliphatic carbocycles. The van der Waals surface area contributed by atoms with Crippen molar-refractivity contribution in [3.8, 4) is 11.5 Å². The topological polar surface area (TPSA) is 44.5 Å². The van der Waals surface area contributed by atoms with Crippen molar-refractivity contribution in [2.75, 3.05) is 13.2 Å². The van der Waals surface area contributed by atoms with Crippen LogP contribution in [0, 0.1) is 0 Å². The van der Waals surface area contributed by atoms with Gasteiger partial charge in [-0.25, -0.2) is 0 Å². The van der Waals surface area contributed by atoms with Crippen LogP contribution >= 0.6 is 28.1 Å². The zero-order chi connectivity index (χ0) is 16.7. The first-order valence-corrected chi connectivity index (χ1v) is 8.74. The number of nitrogens with two attached hydrogens (primary N) is 1. The lowest BCUT2D eigenvalue weighted by molar-refractivity contribution is 0.217. The number of hydrogen-bond acceptors (Lipinski definition) is 3. The van der Waals surface area contributed by atoms with E-state index in [1.54, 1.807) is 0 Å². The molecule has 0 aliphatic heterocycles. The molecule has 122 valence electrons. The predicted molar refractivity (Wildman–Crippen MR) is 101 cm³/mol. The van der Waals surface area contributed by atoms with Crippen LogP contribution in [-0.2, 0) is 6.42 Å². The summed E-state index contributed by atoms with van der Waals surface area (Å²) in [6.07, 6.45) is 2.24. The fourth-order valence-corrected chi connectivity index (χ4v) is 2.69. The van der Waals surface area contributed by atoms with Crippen LogP contribution in [0.4, 0.5) is 0 Å². The van der Waals surface area contributed by atoms with Crippen molar-refractivity contribution in [1.82, 2.24) is 0 Å². The lowest BCUT2D eigenvalue weighted by atomic mass is 10.1. The Kier molecular flexibility index (Phi) is 6.86. The molecule has 0 unspecified atom stereocenters. The average molecular weight is 394 g/mol. The summed E-state index contributed by atoms with van der Waals surface area (Å²) in [5.41, 5.74) is 7.76. The lowest BCUT2D eigenvalue weighted by Gasteiger charge is -2.12. The SMILES string of the molecule is CCCc1ccc(OCCOc2ccc(Br)cc2C(N)=S)cc1. The Morgan fingerprint density at radius 3 is 2.43 bits per heavy atom. The molecule has 0 aliphatic rings. The minimum Gasteiger partial charge on any atom is -0.490 e. The van der Waals surface area contributed by atoms with Crippen LogP contribution in [0.25, 0.3) is 0 Å². The molecule has 0 radical (unpaired) electrons. The Bertz CT molecular complexity index is 659. The molecule has 2 aromatic rings. The smallest absolute Gasteiger partial charge is 0.129 e. The Morgan fingerprint density at radius 2 is 1.78 bits per heavy atom. The number of hydrogen-bond donors (Lipinski definition) is 1. The van der Waals surface area contributed by atoms with Crippen LogP contribution in [0.15, 0.2) is 46.9 Å². The maximum atomic E-state index is 5.72. The third-order valence-electron chi connectivity index (χ3n) is 3.28. The molecule has 0 saturated heterocycles. The van der Waals surface area contributed by atoms with Gasteiger partial charge in [-0.1, -0.05) is 53.6 Å². The molecular formula is C18H20BrNO2S. The van der Waals surface area contributed by atoms with E-state index in [0.717, 1.165) is 28.6 Å².